The number of alkyl halides is 2. The molecule has 3 heterocycles. The Kier molecular flexibility index (Phi) is 4.61. The predicted molar refractivity (Wildman–Crippen MR) is 81.9 cm³/mol. The van der Waals surface area contributed by atoms with Crippen molar-refractivity contribution in [2.75, 3.05) is 26.3 Å². The number of hydrogen-bond donors (Lipinski definition) is 1. The molecule has 1 saturated heterocycles. The van der Waals surface area contributed by atoms with Crippen LogP contribution >= 0.6 is 0 Å². The monoisotopic (exact) mass is 339 g/mol. The number of imidazole rings is 1. The number of amides is 2. The van der Waals surface area contributed by atoms with Crippen molar-refractivity contribution in [1.82, 2.24) is 24.8 Å². The molecule has 0 radical (unpaired) electrons. The van der Waals surface area contributed by atoms with E-state index in [4.69, 9.17) is 4.74 Å². The van der Waals surface area contributed by atoms with E-state index in [2.05, 4.69) is 15.4 Å². The summed E-state index contributed by atoms with van der Waals surface area (Å²) in [7, 11) is 0. The number of carbonyl (C=O) groups is 1. The van der Waals surface area contributed by atoms with Gasteiger partial charge in [-0.1, -0.05) is 0 Å². The van der Waals surface area contributed by atoms with Gasteiger partial charge in [0.15, 0.2) is 5.65 Å². The van der Waals surface area contributed by atoms with E-state index in [1.165, 1.54) is 0 Å². The molecule has 2 aromatic rings. The summed E-state index contributed by atoms with van der Waals surface area (Å²) in [4.78, 5) is 17.2. The lowest BCUT2D eigenvalue weighted by molar-refractivity contribution is -0.0367. The van der Waals surface area contributed by atoms with Crippen LogP contribution in [0.25, 0.3) is 5.65 Å². The molecule has 1 N–H and O–H groups in total. The second-order valence-electron chi connectivity index (χ2n) is 5.72. The van der Waals surface area contributed by atoms with Gasteiger partial charge in [-0.05, 0) is 18.6 Å². The minimum atomic E-state index is -2.93. The third-order valence-electron chi connectivity index (χ3n) is 3.71. The third kappa shape index (κ3) is 3.78. The molecule has 0 spiro atoms. The second-order valence-corrected chi connectivity index (χ2v) is 5.72. The SMILES string of the molecule is CCOCCc1cn2ncc(CN3CC(F)(F)CNC3=O)cc2n1. The van der Waals surface area contributed by atoms with Crippen molar-refractivity contribution in [3.05, 3.63) is 29.7 Å². The number of hydrogen-bond acceptors (Lipinski definition) is 4. The smallest absolute Gasteiger partial charge is 0.318 e. The van der Waals surface area contributed by atoms with Crippen molar-refractivity contribution in [2.24, 2.45) is 0 Å². The van der Waals surface area contributed by atoms with Crippen LogP contribution in [0.2, 0.25) is 0 Å². The van der Waals surface area contributed by atoms with E-state index in [1.807, 2.05) is 6.92 Å². The lowest BCUT2D eigenvalue weighted by Gasteiger charge is -2.32. The van der Waals surface area contributed by atoms with Crippen LogP contribution in [0.15, 0.2) is 18.5 Å². The Labute approximate surface area is 137 Å². The van der Waals surface area contributed by atoms with Gasteiger partial charge in [-0.15, -0.1) is 0 Å². The summed E-state index contributed by atoms with van der Waals surface area (Å²) in [6.07, 6.45) is 4.04. The number of nitrogens with zero attached hydrogens (tertiary/aromatic N) is 4. The van der Waals surface area contributed by atoms with E-state index < -0.39 is 25.0 Å². The molecule has 1 aliphatic rings. The molecule has 7 nitrogen and oxygen atoms in total. The Balaban J connectivity index is 1.72. The summed E-state index contributed by atoms with van der Waals surface area (Å²) in [5.41, 5.74) is 2.11. The molecule has 130 valence electrons. The molecule has 0 bridgehead atoms. The van der Waals surface area contributed by atoms with E-state index in [0.717, 1.165) is 10.6 Å². The van der Waals surface area contributed by atoms with E-state index in [9.17, 15) is 13.6 Å². The van der Waals surface area contributed by atoms with Crippen LogP contribution in [-0.2, 0) is 17.7 Å². The molecule has 0 aromatic carbocycles. The highest BCUT2D eigenvalue weighted by Crippen LogP contribution is 2.20. The zero-order valence-electron chi connectivity index (χ0n) is 13.3. The first-order valence-corrected chi connectivity index (χ1v) is 7.78. The van der Waals surface area contributed by atoms with Crippen molar-refractivity contribution in [3.63, 3.8) is 0 Å². The predicted octanol–water partition coefficient (Wildman–Crippen LogP) is 1.47. The van der Waals surface area contributed by atoms with Gasteiger partial charge in [0.1, 0.15) is 0 Å². The number of nitrogens with one attached hydrogen (secondary N) is 1. The Bertz CT molecular complexity index is 734. The Morgan fingerprint density at radius 1 is 1.46 bits per heavy atom. The van der Waals surface area contributed by atoms with Gasteiger partial charge >= 0.3 is 6.03 Å². The molecule has 1 fully saturated rings. The third-order valence-corrected chi connectivity index (χ3v) is 3.71. The van der Waals surface area contributed by atoms with Gasteiger partial charge in [-0.3, -0.25) is 0 Å². The highest BCUT2D eigenvalue weighted by Gasteiger charge is 2.38. The average Bonchev–Trinajstić information content (AvgIpc) is 2.93. The average molecular weight is 339 g/mol. The number of ether oxygens (including phenoxy) is 1. The summed E-state index contributed by atoms with van der Waals surface area (Å²) in [5.74, 6) is -2.93. The van der Waals surface area contributed by atoms with E-state index in [1.54, 1.807) is 23.0 Å². The van der Waals surface area contributed by atoms with Gasteiger partial charge in [-0.2, -0.15) is 5.10 Å². The zero-order chi connectivity index (χ0) is 17.2. The van der Waals surface area contributed by atoms with Crippen LogP contribution in [0, 0.1) is 0 Å². The van der Waals surface area contributed by atoms with Gasteiger partial charge in [-0.25, -0.2) is 23.1 Å². The van der Waals surface area contributed by atoms with Crippen LogP contribution in [0.5, 0.6) is 0 Å². The first kappa shape index (κ1) is 16.6. The van der Waals surface area contributed by atoms with E-state index >= 15 is 0 Å². The molecule has 0 aliphatic carbocycles. The molecular weight excluding hydrogens is 320 g/mol. The van der Waals surface area contributed by atoms with Gasteiger partial charge < -0.3 is 15.0 Å². The zero-order valence-corrected chi connectivity index (χ0v) is 13.3. The summed E-state index contributed by atoms with van der Waals surface area (Å²) in [6, 6.07) is 1.25. The van der Waals surface area contributed by atoms with E-state index in [0.29, 0.717) is 30.8 Å². The van der Waals surface area contributed by atoms with Gasteiger partial charge in [0.05, 0.1) is 37.8 Å². The maximum Gasteiger partial charge on any atom is 0.318 e. The fourth-order valence-electron chi connectivity index (χ4n) is 2.56. The first-order valence-electron chi connectivity index (χ1n) is 7.78. The summed E-state index contributed by atoms with van der Waals surface area (Å²) in [6.45, 7) is 2.00. The number of carbonyl (C=O) groups excluding carboxylic acids is 1. The highest BCUT2D eigenvalue weighted by molar-refractivity contribution is 5.75. The lowest BCUT2D eigenvalue weighted by atomic mass is 10.2. The highest BCUT2D eigenvalue weighted by atomic mass is 19.3. The number of aromatic nitrogens is 3. The van der Waals surface area contributed by atoms with Crippen molar-refractivity contribution in [3.8, 4) is 0 Å². The molecule has 2 amide bonds. The molecule has 3 rings (SSSR count). The molecule has 24 heavy (non-hydrogen) atoms. The second kappa shape index (κ2) is 6.68. The van der Waals surface area contributed by atoms with Crippen molar-refractivity contribution < 1.29 is 18.3 Å². The van der Waals surface area contributed by atoms with Crippen LogP contribution < -0.4 is 5.32 Å². The minimum Gasteiger partial charge on any atom is -0.381 e. The standard InChI is InChI=1S/C15H19F2N5O2/c1-2-24-4-3-12-8-22-13(20-12)5-11(6-19-22)7-21-10-15(16,17)9-18-14(21)23/h5-6,8H,2-4,7,9-10H2,1H3,(H,18,23). The number of rotatable bonds is 6. The van der Waals surface area contributed by atoms with Crippen LogP contribution in [-0.4, -0.2) is 57.8 Å². The normalized spacial score (nSPS) is 17.3. The van der Waals surface area contributed by atoms with Crippen molar-refractivity contribution in [2.45, 2.75) is 25.8 Å². The van der Waals surface area contributed by atoms with Gasteiger partial charge in [0.25, 0.3) is 5.92 Å². The quantitative estimate of drug-likeness (QED) is 0.809. The molecule has 0 unspecified atom stereocenters. The molecule has 0 atom stereocenters. The largest absolute Gasteiger partial charge is 0.381 e. The van der Waals surface area contributed by atoms with Crippen molar-refractivity contribution in [1.29, 1.82) is 0 Å². The summed E-state index contributed by atoms with van der Waals surface area (Å²) in [5, 5.41) is 6.42. The summed E-state index contributed by atoms with van der Waals surface area (Å²) >= 11 is 0. The fraction of sp³-hybridized carbons (Fsp3) is 0.533. The maximum absolute atomic E-state index is 13.4. The van der Waals surface area contributed by atoms with E-state index in [-0.39, 0.29) is 6.54 Å². The summed E-state index contributed by atoms with van der Waals surface area (Å²) < 4.78 is 33.8. The molecular formula is C15H19F2N5O2. The molecule has 9 heteroatoms. The van der Waals surface area contributed by atoms with Crippen LogP contribution in [0.3, 0.4) is 0 Å². The van der Waals surface area contributed by atoms with Crippen molar-refractivity contribution >= 4 is 11.7 Å². The van der Waals surface area contributed by atoms with Crippen LogP contribution in [0.4, 0.5) is 13.6 Å². The minimum absolute atomic E-state index is 0.0616. The molecule has 1 aliphatic heterocycles. The van der Waals surface area contributed by atoms with Gasteiger partial charge in [0, 0.05) is 19.6 Å². The van der Waals surface area contributed by atoms with Gasteiger partial charge in [0.2, 0.25) is 0 Å². The molecule has 2 aromatic heterocycles. The molecule has 0 saturated carbocycles. The maximum atomic E-state index is 13.4. The Morgan fingerprint density at radius 2 is 2.29 bits per heavy atom. The Hall–Kier alpha value is -2.29. The lowest BCUT2D eigenvalue weighted by Crippen LogP contribution is -2.56. The first-order chi connectivity index (χ1) is 11.5. The fourth-order valence-corrected chi connectivity index (χ4v) is 2.56. The topological polar surface area (TPSA) is 71.8 Å². The number of fused-ring (bicyclic) bond motifs is 1. The Morgan fingerprint density at radius 3 is 3.08 bits per heavy atom. The number of urea groups is 1. The van der Waals surface area contributed by atoms with Crippen LogP contribution in [0.1, 0.15) is 18.2 Å². The number of halogens is 2.